The summed E-state index contributed by atoms with van der Waals surface area (Å²) in [6, 6.07) is 0. The van der Waals surface area contributed by atoms with Crippen LogP contribution in [0.4, 0.5) is 4.70 Å². The standard InChI is InChI=1S/C5H5N3O.FH/c6-5(9)4-3-7-1-2-8-4;/h1-3H,(H2,6,9);1H. The van der Waals surface area contributed by atoms with Crippen LogP contribution in [0.3, 0.4) is 0 Å². The molecule has 1 heterocycles. The Morgan fingerprint density at radius 1 is 1.50 bits per heavy atom. The number of nitrogens with zero attached hydrogens (tertiary/aromatic N) is 2. The Bertz CT molecular complexity index is 213. The molecule has 0 aliphatic carbocycles. The van der Waals surface area contributed by atoms with Gasteiger partial charge in [0.1, 0.15) is 5.69 Å². The molecule has 0 bridgehead atoms. The topological polar surface area (TPSA) is 68.9 Å². The van der Waals surface area contributed by atoms with Crippen molar-refractivity contribution in [1.29, 1.82) is 0 Å². The largest absolute Gasteiger partial charge is 0.364 e. The van der Waals surface area contributed by atoms with E-state index in [0.29, 0.717) is 0 Å². The average molecular weight is 143 g/mol. The number of hydrogen-bond donors (Lipinski definition) is 1. The van der Waals surface area contributed by atoms with Crippen molar-refractivity contribution in [2.24, 2.45) is 5.73 Å². The van der Waals surface area contributed by atoms with E-state index in [1.165, 1.54) is 18.6 Å². The van der Waals surface area contributed by atoms with Crippen LogP contribution in [0, 0.1) is 0 Å². The van der Waals surface area contributed by atoms with Crippen LogP contribution in [0.15, 0.2) is 18.6 Å². The molecule has 0 saturated heterocycles. The molecule has 2 N–H and O–H groups in total. The lowest BCUT2D eigenvalue weighted by atomic mass is 10.4. The summed E-state index contributed by atoms with van der Waals surface area (Å²) in [5.74, 6) is -0.553. The molecule has 0 atom stereocenters. The van der Waals surface area contributed by atoms with Crippen molar-refractivity contribution in [1.82, 2.24) is 9.97 Å². The van der Waals surface area contributed by atoms with Crippen LogP contribution in [-0.4, -0.2) is 15.9 Å². The molecule has 10 heavy (non-hydrogen) atoms. The number of primary amides is 1. The van der Waals surface area contributed by atoms with Crippen molar-refractivity contribution in [2.75, 3.05) is 0 Å². The molecule has 0 radical (unpaired) electrons. The molecule has 54 valence electrons. The van der Waals surface area contributed by atoms with Gasteiger partial charge in [0.2, 0.25) is 0 Å². The van der Waals surface area contributed by atoms with Gasteiger partial charge in [-0.3, -0.25) is 14.5 Å². The monoisotopic (exact) mass is 143 g/mol. The first-order chi connectivity index (χ1) is 4.30. The molecule has 5 heteroatoms. The first kappa shape index (κ1) is 8.48. The van der Waals surface area contributed by atoms with E-state index in [9.17, 15) is 4.79 Å². The van der Waals surface area contributed by atoms with E-state index in [1.807, 2.05) is 0 Å². The van der Waals surface area contributed by atoms with E-state index in [2.05, 4.69) is 9.97 Å². The van der Waals surface area contributed by atoms with Gasteiger partial charge in [0.25, 0.3) is 5.91 Å². The minimum atomic E-state index is -0.553. The predicted molar refractivity (Wildman–Crippen MR) is 33.1 cm³/mol. The van der Waals surface area contributed by atoms with E-state index in [1.54, 1.807) is 0 Å². The molecule has 1 amide bonds. The summed E-state index contributed by atoms with van der Waals surface area (Å²) in [5, 5.41) is 0. The van der Waals surface area contributed by atoms with Crippen LogP contribution in [-0.2, 0) is 0 Å². The summed E-state index contributed by atoms with van der Waals surface area (Å²) in [6.45, 7) is 0. The lowest BCUT2D eigenvalue weighted by Crippen LogP contribution is -2.12. The van der Waals surface area contributed by atoms with Crippen molar-refractivity contribution in [3.8, 4) is 0 Å². The molecule has 1 aromatic rings. The molecule has 0 aliphatic rings. The Morgan fingerprint density at radius 2 is 2.20 bits per heavy atom. The van der Waals surface area contributed by atoms with Crippen LogP contribution >= 0.6 is 0 Å². The van der Waals surface area contributed by atoms with Crippen molar-refractivity contribution in [2.45, 2.75) is 0 Å². The third kappa shape index (κ3) is 1.77. The molecular formula is C5H6FN3O. The minimum Gasteiger partial charge on any atom is -0.364 e. The van der Waals surface area contributed by atoms with Crippen molar-refractivity contribution in [3.63, 3.8) is 0 Å². The van der Waals surface area contributed by atoms with Crippen molar-refractivity contribution in [3.05, 3.63) is 24.3 Å². The van der Waals surface area contributed by atoms with E-state index < -0.39 is 5.91 Å². The Hall–Kier alpha value is -1.52. The zero-order valence-corrected chi connectivity index (χ0v) is 5.02. The van der Waals surface area contributed by atoms with Crippen LogP contribution in [0.2, 0.25) is 0 Å². The normalized spacial score (nSPS) is 8.00. The van der Waals surface area contributed by atoms with Crippen molar-refractivity contribution < 1.29 is 9.50 Å². The lowest BCUT2D eigenvalue weighted by Gasteiger charge is -1.87. The van der Waals surface area contributed by atoms with Gasteiger partial charge in [-0.2, -0.15) is 0 Å². The number of carbonyl (C=O) groups excluding carboxylic acids is 1. The van der Waals surface area contributed by atoms with Gasteiger partial charge in [0.15, 0.2) is 0 Å². The second-order valence-electron chi connectivity index (χ2n) is 1.45. The Morgan fingerprint density at radius 3 is 2.50 bits per heavy atom. The van der Waals surface area contributed by atoms with E-state index in [4.69, 9.17) is 5.73 Å². The number of halogens is 1. The van der Waals surface area contributed by atoms with Gasteiger partial charge in [-0.1, -0.05) is 0 Å². The first-order valence-corrected chi connectivity index (χ1v) is 2.36. The lowest BCUT2D eigenvalue weighted by molar-refractivity contribution is 0.0995. The zero-order valence-electron chi connectivity index (χ0n) is 5.02. The highest BCUT2D eigenvalue weighted by molar-refractivity contribution is 5.90. The van der Waals surface area contributed by atoms with Gasteiger partial charge in [-0.05, 0) is 0 Å². The number of carbonyl (C=O) groups is 1. The Kier molecular flexibility index (Phi) is 2.96. The fourth-order valence-electron chi connectivity index (χ4n) is 0.426. The number of nitrogens with two attached hydrogens (primary N) is 1. The number of rotatable bonds is 1. The highest BCUT2D eigenvalue weighted by atomic mass is 19.0. The second-order valence-corrected chi connectivity index (χ2v) is 1.45. The first-order valence-electron chi connectivity index (χ1n) is 2.36. The summed E-state index contributed by atoms with van der Waals surface area (Å²) in [5.41, 5.74) is 5.06. The summed E-state index contributed by atoms with van der Waals surface area (Å²) < 4.78 is 0. The fourth-order valence-corrected chi connectivity index (χ4v) is 0.426. The fraction of sp³-hybridized carbons (Fsp3) is 0. The molecule has 0 unspecified atom stereocenters. The highest BCUT2D eigenvalue weighted by Crippen LogP contribution is 1.84. The van der Waals surface area contributed by atoms with E-state index >= 15 is 0 Å². The van der Waals surface area contributed by atoms with Crippen LogP contribution in [0.1, 0.15) is 10.5 Å². The molecule has 0 aliphatic heterocycles. The zero-order chi connectivity index (χ0) is 6.69. The molecule has 1 aromatic heterocycles. The third-order valence-corrected chi connectivity index (χ3v) is 0.816. The Balaban J connectivity index is 0.000000810. The van der Waals surface area contributed by atoms with E-state index in [0.717, 1.165) is 0 Å². The summed E-state index contributed by atoms with van der Waals surface area (Å²) >= 11 is 0. The molecule has 0 spiro atoms. The van der Waals surface area contributed by atoms with Crippen LogP contribution in [0.25, 0.3) is 0 Å². The van der Waals surface area contributed by atoms with Crippen molar-refractivity contribution >= 4 is 5.91 Å². The number of aromatic nitrogens is 2. The molecule has 1 rings (SSSR count). The predicted octanol–water partition coefficient (Wildman–Crippen LogP) is -0.272. The molecular weight excluding hydrogens is 137 g/mol. The van der Waals surface area contributed by atoms with Crippen LogP contribution < -0.4 is 5.73 Å². The Labute approximate surface area is 56.5 Å². The quantitative estimate of drug-likeness (QED) is 0.588. The van der Waals surface area contributed by atoms with Gasteiger partial charge in [-0.15, -0.1) is 0 Å². The maximum atomic E-state index is 10.3. The molecule has 0 saturated carbocycles. The van der Waals surface area contributed by atoms with Gasteiger partial charge in [0, 0.05) is 12.4 Å². The summed E-state index contributed by atoms with van der Waals surface area (Å²) in [7, 11) is 0. The van der Waals surface area contributed by atoms with Gasteiger partial charge in [0.05, 0.1) is 6.20 Å². The average Bonchev–Trinajstić information content (AvgIpc) is 1.90. The second kappa shape index (κ2) is 3.49. The summed E-state index contributed by atoms with van der Waals surface area (Å²) in [6.07, 6.45) is 4.22. The van der Waals surface area contributed by atoms with Gasteiger partial charge >= 0.3 is 0 Å². The minimum absolute atomic E-state index is 0. The van der Waals surface area contributed by atoms with Gasteiger partial charge < -0.3 is 5.73 Å². The molecule has 0 fully saturated rings. The molecule has 0 aromatic carbocycles. The number of amides is 1. The molecule has 4 nitrogen and oxygen atoms in total. The van der Waals surface area contributed by atoms with Crippen LogP contribution in [0.5, 0.6) is 0 Å². The number of hydrogen-bond acceptors (Lipinski definition) is 3. The maximum absolute atomic E-state index is 10.3. The highest BCUT2D eigenvalue weighted by Gasteiger charge is 1.97. The third-order valence-electron chi connectivity index (χ3n) is 0.816. The smallest absolute Gasteiger partial charge is 0.268 e. The summed E-state index contributed by atoms with van der Waals surface area (Å²) in [4.78, 5) is 17.6. The van der Waals surface area contributed by atoms with Gasteiger partial charge in [-0.25, -0.2) is 4.98 Å². The maximum Gasteiger partial charge on any atom is 0.268 e. The van der Waals surface area contributed by atoms with E-state index in [-0.39, 0.29) is 10.4 Å². The SMILES string of the molecule is F.NC(=O)c1cnccn1.